The fourth-order valence-electron chi connectivity index (χ4n) is 3.83. The minimum atomic E-state index is -4.60. The molecule has 2 fully saturated rings. The van der Waals surface area contributed by atoms with E-state index in [9.17, 15) is 22.8 Å². The van der Waals surface area contributed by atoms with Gasteiger partial charge >= 0.3 is 12.2 Å². The van der Waals surface area contributed by atoms with Gasteiger partial charge in [-0.15, -0.1) is 0 Å². The highest BCUT2D eigenvalue weighted by Crippen LogP contribution is 2.27. The monoisotopic (exact) mass is 396 g/mol. The number of hydrogen-bond donors (Lipinski definition) is 0. The van der Waals surface area contributed by atoms with E-state index >= 15 is 0 Å². The Kier molecular flexibility index (Phi) is 4.39. The van der Waals surface area contributed by atoms with Crippen molar-refractivity contribution in [3.8, 4) is 0 Å². The summed E-state index contributed by atoms with van der Waals surface area (Å²) < 4.78 is 39.6. The largest absolute Gasteiger partial charge is 0.406 e. The molecule has 4 rings (SSSR count). The second-order valence-electron chi connectivity index (χ2n) is 7.08. The van der Waals surface area contributed by atoms with E-state index in [0.717, 1.165) is 17.2 Å². The van der Waals surface area contributed by atoms with Crippen LogP contribution in [-0.2, 0) is 4.79 Å². The number of rotatable bonds is 3. The van der Waals surface area contributed by atoms with Crippen molar-refractivity contribution in [2.75, 3.05) is 31.1 Å². The lowest BCUT2D eigenvalue weighted by Crippen LogP contribution is -2.47. The van der Waals surface area contributed by atoms with Gasteiger partial charge in [-0.25, -0.2) is 9.78 Å². The van der Waals surface area contributed by atoms with E-state index in [1.54, 1.807) is 10.7 Å². The summed E-state index contributed by atoms with van der Waals surface area (Å²) in [5.41, 5.74) is 1.59. The highest BCUT2D eigenvalue weighted by atomic mass is 19.4. The zero-order valence-electron chi connectivity index (χ0n) is 15.2. The number of halogens is 3. The molecule has 8 nitrogen and oxygen atoms in total. The minimum Gasteiger partial charge on any atom is -0.356 e. The normalized spacial score (nSPS) is 19.4. The number of alkyl halides is 3. The number of piperidine rings is 1. The van der Waals surface area contributed by atoms with Crippen LogP contribution in [0, 0.1) is 6.92 Å². The van der Waals surface area contributed by atoms with E-state index in [0.29, 0.717) is 30.8 Å². The molecule has 4 heterocycles. The molecule has 0 atom stereocenters. The number of carbonyl (C=O) groups excluding carboxylic acids is 2. The summed E-state index contributed by atoms with van der Waals surface area (Å²) in [6.45, 7) is 1.26. The first-order valence-electron chi connectivity index (χ1n) is 8.97. The Morgan fingerprint density at radius 2 is 1.93 bits per heavy atom. The maximum Gasteiger partial charge on any atom is 0.406 e. The van der Waals surface area contributed by atoms with Gasteiger partial charge in [0.05, 0.1) is 6.20 Å². The average Bonchev–Trinajstić information content (AvgIpc) is 3.20. The van der Waals surface area contributed by atoms with Crippen LogP contribution in [0.2, 0.25) is 0 Å². The molecule has 0 N–H and O–H groups in total. The second kappa shape index (κ2) is 6.64. The zero-order valence-corrected chi connectivity index (χ0v) is 15.2. The summed E-state index contributed by atoms with van der Waals surface area (Å²) in [6.07, 6.45) is -1.81. The van der Waals surface area contributed by atoms with Gasteiger partial charge in [0, 0.05) is 37.0 Å². The van der Waals surface area contributed by atoms with Crippen molar-refractivity contribution in [3.05, 3.63) is 24.0 Å². The van der Waals surface area contributed by atoms with Crippen LogP contribution in [0.5, 0.6) is 0 Å². The Morgan fingerprint density at radius 1 is 1.21 bits per heavy atom. The summed E-state index contributed by atoms with van der Waals surface area (Å²) in [4.78, 5) is 32.3. The predicted molar refractivity (Wildman–Crippen MR) is 92.8 cm³/mol. The number of amides is 3. The van der Waals surface area contributed by atoms with Crippen molar-refractivity contribution >= 4 is 23.4 Å². The van der Waals surface area contributed by atoms with Crippen LogP contribution in [0.1, 0.15) is 18.5 Å². The molecule has 0 saturated carbocycles. The molecule has 150 valence electrons. The molecule has 2 aromatic heterocycles. The van der Waals surface area contributed by atoms with E-state index < -0.39 is 24.7 Å². The van der Waals surface area contributed by atoms with Gasteiger partial charge in [-0.3, -0.25) is 9.69 Å². The van der Waals surface area contributed by atoms with Gasteiger partial charge in [-0.2, -0.15) is 22.8 Å². The fraction of sp³-hybridized carbons (Fsp3) is 0.529. The van der Waals surface area contributed by atoms with Gasteiger partial charge in [-0.1, -0.05) is 0 Å². The molecular weight excluding hydrogens is 377 g/mol. The Hall–Kier alpha value is -2.85. The molecule has 3 amide bonds. The third-order valence-electron chi connectivity index (χ3n) is 5.12. The molecule has 0 aliphatic carbocycles. The predicted octanol–water partition coefficient (Wildman–Crippen LogP) is 1.83. The fourth-order valence-corrected chi connectivity index (χ4v) is 3.83. The Labute approximate surface area is 158 Å². The number of anilines is 1. The number of imide groups is 1. The van der Waals surface area contributed by atoms with E-state index in [1.807, 2.05) is 19.1 Å². The molecule has 0 unspecified atom stereocenters. The second-order valence-corrected chi connectivity index (χ2v) is 7.08. The lowest BCUT2D eigenvalue weighted by Gasteiger charge is -2.37. The van der Waals surface area contributed by atoms with Crippen molar-refractivity contribution in [1.29, 1.82) is 0 Å². The number of urea groups is 1. The number of carbonyl (C=O) groups is 2. The van der Waals surface area contributed by atoms with Crippen LogP contribution in [-0.4, -0.2) is 74.7 Å². The SMILES string of the molecule is Cc1cc(N2CCC(N3CC(=O)N(CC(F)(F)F)C3=O)CC2)n2nccc2n1. The lowest BCUT2D eigenvalue weighted by atomic mass is 10.0. The summed E-state index contributed by atoms with van der Waals surface area (Å²) >= 11 is 0. The smallest absolute Gasteiger partial charge is 0.356 e. The molecule has 11 heteroatoms. The number of aromatic nitrogens is 3. The standard InChI is InChI=1S/C17H19F3N6O2/c1-11-8-14(26-13(22-11)2-5-21-26)23-6-3-12(4-7-23)24-9-15(27)25(16(24)28)10-17(18,19)20/h2,5,8,12H,3-4,6-7,9-10H2,1H3. The van der Waals surface area contributed by atoms with Gasteiger partial charge in [0.1, 0.15) is 18.9 Å². The van der Waals surface area contributed by atoms with Crippen molar-refractivity contribution in [1.82, 2.24) is 24.4 Å². The van der Waals surface area contributed by atoms with Gasteiger partial charge in [-0.05, 0) is 19.8 Å². The highest BCUT2D eigenvalue weighted by molar-refractivity contribution is 6.02. The maximum absolute atomic E-state index is 12.6. The van der Waals surface area contributed by atoms with Crippen LogP contribution >= 0.6 is 0 Å². The van der Waals surface area contributed by atoms with Gasteiger partial charge < -0.3 is 9.80 Å². The van der Waals surface area contributed by atoms with Crippen molar-refractivity contribution in [3.63, 3.8) is 0 Å². The number of hydrogen-bond acceptors (Lipinski definition) is 5. The summed E-state index contributed by atoms with van der Waals surface area (Å²) in [6, 6.07) is 2.63. The van der Waals surface area contributed by atoms with Crippen LogP contribution in [0.25, 0.3) is 5.65 Å². The van der Waals surface area contributed by atoms with E-state index in [2.05, 4.69) is 15.0 Å². The van der Waals surface area contributed by atoms with E-state index in [-0.39, 0.29) is 12.6 Å². The third kappa shape index (κ3) is 3.36. The van der Waals surface area contributed by atoms with Gasteiger partial charge in [0.2, 0.25) is 0 Å². The van der Waals surface area contributed by atoms with Gasteiger partial charge in [0.15, 0.2) is 5.65 Å². The van der Waals surface area contributed by atoms with Crippen molar-refractivity contribution < 1.29 is 22.8 Å². The molecule has 2 aromatic rings. The zero-order chi connectivity index (χ0) is 20.1. The summed E-state index contributed by atoms with van der Waals surface area (Å²) in [5, 5.41) is 4.29. The van der Waals surface area contributed by atoms with E-state index in [4.69, 9.17) is 0 Å². The molecule has 0 spiro atoms. The van der Waals surface area contributed by atoms with Crippen LogP contribution in [0.3, 0.4) is 0 Å². The van der Waals surface area contributed by atoms with Crippen molar-refractivity contribution in [2.45, 2.75) is 32.0 Å². The quantitative estimate of drug-likeness (QED) is 0.741. The van der Waals surface area contributed by atoms with E-state index in [1.165, 1.54) is 4.90 Å². The number of aryl methyl sites for hydroxylation is 1. The summed E-state index contributed by atoms with van der Waals surface area (Å²) in [5.74, 6) is 0.0845. The molecular formula is C17H19F3N6O2. The molecule has 0 aromatic carbocycles. The van der Waals surface area contributed by atoms with Gasteiger partial charge in [0.25, 0.3) is 5.91 Å². The maximum atomic E-state index is 12.6. The Bertz CT molecular complexity index is 919. The molecule has 0 bridgehead atoms. The molecule has 2 aliphatic heterocycles. The first-order valence-corrected chi connectivity index (χ1v) is 8.97. The van der Waals surface area contributed by atoms with Crippen LogP contribution in [0.4, 0.5) is 23.8 Å². The number of fused-ring (bicyclic) bond motifs is 1. The average molecular weight is 396 g/mol. The first kappa shape index (κ1) is 18.5. The molecule has 0 radical (unpaired) electrons. The topological polar surface area (TPSA) is 74.0 Å². The summed E-state index contributed by atoms with van der Waals surface area (Å²) in [7, 11) is 0. The Balaban J connectivity index is 1.45. The lowest BCUT2D eigenvalue weighted by molar-refractivity contribution is -0.151. The Morgan fingerprint density at radius 3 is 2.61 bits per heavy atom. The van der Waals surface area contributed by atoms with Crippen LogP contribution in [0.15, 0.2) is 18.3 Å². The van der Waals surface area contributed by atoms with Crippen LogP contribution < -0.4 is 4.90 Å². The highest BCUT2D eigenvalue weighted by Gasteiger charge is 2.45. The number of nitrogens with zero attached hydrogens (tertiary/aromatic N) is 6. The third-order valence-corrected chi connectivity index (χ3v) is 5.12. The molecule has 28 heavy (non-hydrogen) atoms. The first-order chi connectivity index (χ1) is 13.2. The van der Waals surface area contributed by atoms with Crippen molar-refractivity contribution in [2.24, 2.45) is 0 Å². The minimum absolute atomic E-state index is 0.262. The molecule has 2 aliphatic rings. The molecule has 2 saturated heterocycles.